The van der Waals surface area contributed by atoms with Gasteiger partial charge in [0.2, 0.25) is 10.6 Å². The number of aromatic nitrogens is 4. The minimum absolute atomic E-state index is 0.264. The van der Waals surface area contributed by atoms with Gasteiger partial charge in [-0.25, -0.2) is 19.9 Å². The number of halogens is 2. The Hall–Kier alpha value is -4.38. The second-order valence-electron chi connectivity index (χ2n) is 8.28. The predicted octanol–water partition coefficient (Wildman–Crippen LogP) is 8.93. The van der Waals surface area contributed by atoms with Crippen molar-refractivity contribution in [3.05, 3.63) is 144 Å². The molecule has 0 aliphatic carbocycles. The molecule has 0 aliphatic rings. The summed E-state index contributed by atoms with van der Waals surface area (Å²) < 4.78 is 0. The molecule has 0 saturated carbocycles. The Labute approximate surface area is 231 Å². The average molecular weight is 533 g/mol. The lowest BCUT2D eigenvalue weighted by atomic mass is 10.1. The summed E-state index contributed by atoms with van der Waals surface area (Å²) in [4.78, 5) is 17.1. The van der Waals surface area contributed by atoms with Gasteiger partial charge in [0, 0.05) is 22.3 Å². The molecule has 0 unspecified atom stereocenters. The summed E-state index contributed by atoms with van der Waals surface area (Å²) in [5.41, 5.74) is 7.46. The van der Waals surface area contributed by atoms with E-state index in [1.807, 2.05) is 133 Å². The molecule has 0 N–H and O–H groups in total. The lowest BCUT2D eigenvalue weighted by molar-refractivity contribution is 1.18. The van der Waals surface area contributed by atoms with Gasteiger partial charge in [-0.2, -0.15) is 0 Å². The molecule has 2 heterocycles. The topological polar surface area (TPSA) is 51.6 Å². The van der Waals surface area contributed by atoms with Crippen LogP contribution in [-0.2, 0) is 0 Å². The summed E-state index contributed by atoms with van der Waals surface area (Å²) in [7, 11) is 0. The maximum Gasteiger partial charge on any atom is 0.223 e. The minimum atomic E-state index is 0.264. The SMILES string of the molecule is Clc1nc(-c2ccccc2)cc(-c2ccccc2)n1.Clc1nc(-c2ccccc2)cc(-c2ccccc2)n1. The summed E-state index contributed by atoms with van der Waals surface area (Å²) in [6.45, 7) is 0. The van der Waals surface area contributed by atoms with Gasteiger partial charge in [-0.15, -0.1) is 0 Å². The third-order valence-corrected chi connectivity index (χ3v) is 6.01. The van der Waals surface area contributed by atoms with Crippen LogP contribution in [0.25, 0.3) is 45.0 Å². The Bertz CT molecular complexity index is 1370. The fourth-order valence-electron chi connectivity index (χ4n) is 3.86. The molecular weight excluding hydrogens is 511 g/mol. The molecule has 0 spiro atoms. The monoisotopic (exact) mass is 532 g/mol. The molecule has 4 nitrogen and oxygen atoms in total. The molecule has 0 saturated heterocycles. The Balaban J connectivity index is 0.000000155. The van der Waals surface area contributed by atoms with Crippen molar-refractivity contribution in [2.24, 2.45) is 0 Å². The molecule has 6 rings (SSSR count). The van der Waals surface area contributed by atoms with Crippen LogP contribution < -0.4 is 0 Å². The van der Waals surface area contributed by atoms with Crippen LogP contribution in [0.2, 0.25) is 10.6 Å². The first-order valence-electron chi connectivity index (χ1n) is 12.0. The van der Waals surface area contributed by atoms with Gasteiger partial charge in [-0.3, -0.25) is 0 Å². The van der Waals surface area contributed by atoms with Gasteiger partial charge in [0.1, 0.15) is 0 Å². The van der Waals surface area contributed by atoms with Crippen LogP contribution in [0.5, 0.6) is 0 Å². The maximum absolute atomic E-state index is 6.03. The molecule has 0 fully saturated rings. The number of benzene rings is 4. The van der Waals surface area contributed by atoms with Gasteiger partial charge < -0.3 is 0 Å². The quantitative estimate of drug-likeness (QED) is 0.212. The molecule has 184 valence electrons. The van der Waals surface area contributed by atoms with Gasteiger partial charge in [0.15, 0.2) is 0 Å². The van der Waals surface area contributed by atoms with Crippen LogP contribution in [0.1, 0.15) is 0 Å². The highest BCUT2D eigenvalue weighted by Gasteiger charge is 2.08. The van der Waals surface area contributed by atoms with E-state index in [4.69, 9.17) is 23.2 Å². The van der Waals surface area contributed by atoms with E-state index >= 15 is 0 Å². The van der Waals surface area contributed by atoms with Crippen molar-refractivity contribution in [1.29, 1.82) is 0 Å². The third kappa shape index (κ3) is 6.48. The summed E-state index contributed by atoms with van der Waals surface area (Å²) in [6, 6.07) is 43.7. The maximum atomic E-state index is 6.03. The Morgan fingerprint density at radius 1 is 0.316 bits per heavy atom. The smallest absolute Gasteiger partial charge is 0.218 e. The van der Waals surface area contributed by atoms with E-state index in [0.717, 1.165) is 45.0 Å². The zero-order chi connectivity index (χ0) is 26.2. The normalized spacial score (nSPS) is 10.4. The molecule has 2 aromatic heterocycles. The number of hydrogen-bond acceptors (Lipinski definition) is 4. The van der Waals surface area contributed by atoms with Crippen LogP contribution in [-0.4, -0.2) is 19.9 Å². The highest BCUT2D eigenvalue weighted by Crippen LogP contribution is 2.26. The average Bonchev–Trinajstić information content (AvgIpc) is 2.99. The first-order chi connectivity index (χ1) is 18.7. The van der Waals surface area contributed by atoms with E-state index in [1.54, 1.807) is 0 Å². The van der Waals surface area contributed by atoms with E-state index in [0.29, 0.717) is 0 Å². The van der Waals surface area contributed by atoms with E-state index in [9.17, 15) is 0 Å². The molecular formula is C32H22Cl2N4. The second kappa shape index (κ2) is 12.2. The zero-order valence-corrected chi connectivity index (χ0v) is 21.8. The van der Waals surface area contributed by atoms with Crippen LogP contribution in [0.15, 0.2) is 133 Å². The van der Waals surface area contributed by atoms with E-state index in [2.05, 4.69) is 19.9 Å². The van der Waals surface area contributed by atoms with Crippen LogP contribution >= 0.6 is 23.2 Å². The van der Waals surface area contributed by atoms with Crippen LogP contribution in [0.3, 0.4) is 0 Å². The fourth-order valence-corrected chi connectivity index (χ4v) is 4.23. The molecule has 0 radical (unpaired) electrons. The van der Waals surface area contributed by atoms with Crippen molar-refractivity contribution in [1.82, 2.24) is 19.9 Å². The summed E-state index contributed by atoms with van der Waals surface area (Å²) in [6.07, 6.45) is 0. The molecule has 0 aliphatic heterocycles. The van der Waals surface area contributed by atoms with Crippen molar-refractivity contribution in [3.63, 3.8) is 0 Å². The highest BCUT2D eigenvalue weighted by molar-refractivity contribution is 6.28. The molecule has 0 atom stereocenters. The fraction of sp³-hybridized carbons (Fsp3) is 0. The van der Waals surface area contributed by atoms with Gasteiger partial charge in [-0.05, 0) is 35.3 Å². The van der Waals surface area contributed by atoms with E-state index < -0.39 is 0 Å². The number of nitrogens with zero attached hydrogens (tertiary/aromatic N) is 4. The summed E-state index contributed by atoms with van der Waals surface area (Å²) in [5, 5.41) is 0.528. The zero-order valence-electron chi connectivity index (χ0n) is 20.2. The number of rotatable bonds is 4. The number of hydrogen-bond donors (Lipinski definition) is 0. The summed E-state index contributed by atoms with van der Waals surface area (Å²) in [5.74, 6) is 0. The van der Waals surface area contributed by atoms with Crippen molar-refractivity contribution in [2.75, 3.05) is 0 Å². The molecule has 4 aromatic carbocycles. The molecule has 6 heteroatoms. The first kappa shape index (κ1) is 25.3. The highest BCUT2D eigenvalue weighted by atomic mass is 35.5. The van der Waals surface area contributed by atoms with Crippen molar-refractivity contribution in [3.8, 4) is 45.0 Å². The predicted molar refractivity (Wildman–Crippen MR) is 156 cm³/mol. The molecule has 38 heavy (non-hydrogen) atoms. The van der Waals surface area contributed by atoms with E-state index in [-0.39, 0.29) is 10.6 Å². The Kier molecular flexibility index (Phi) is 8.14. The lowest BCUT2D eigenvalue weighted by Gasteiger charge is -2.05. The van der Waals surface area contributed by atoms with Crippen molar-refractivity contribution < 1.29 is 0 Å². The standard InChI is InChI=1S/2C16H11ClN2/c2*17-16-18-14(12-7-3-1-4-8-12)11-15(19-16)13-9-5-2-6-10-13/h2*1-11H. The second-order valence-corrected chi connectivity index (χ2v) is 8.96. The van der Waals surface area contributed by atoms with E-state index in [1.165, 1.54) is 0 Å². The van der Waals surface area contributed by atoms with Crippen molar-refractivity contribution >= 4 is 23.2 Å². The van der Waals surface area contributed by atoms with Gasteiger partial charge in [0.25, 0.3) is 0 Å². The lowest BCUT2D eigenvalue weighted by Crippen LogP contribution is -1.91. The largest absolute Gasteiger partial charge is 0.223 e. The van der Waals surface area contributed by atoms with Crippen LogP contribution in [0.4, 0.5) is 0 Å². The third-order valence-electron chi connectivity index (χ3n) is 5.68. The first-order valence-corrected chi connectivity index (χ1v) is 12.7. The molecule has 6 aromatic rings. The van der Waals surface area contributed by atoms with Gasteiger partial charge >= 0.3 is 0 Å². The Morgan fingerprint density at radius 2 is 0.526 bits per heavy atom. The van der Waals surface area contributed by atoms with Gasteiger partial charge in [-0.1, -0.05) is 121 Å². The van der Waals surface area contributed by atoms with Gasteiger partial charge in [0.05, 0.1) is 22.8 Å². The Morgan fingerprint density at radius 3 is 0.737 bits per heavy atom. The molecule has 0 amide bonds. The minimum Gasteiger partial charge on any atom is -0.218 e. The molecule has 0 bridgehead atoms. The van der Waals surface area contributed by atoms with Crippen LogP contribution in [0, 0.1) is 0 Å². The van der Waals surface area contributed by atoms with Crippen molar-refractivity contribution in [2.45, 2.75) is 0 Å². The summed E-state index contributed by atoms with van der Waals surface area (Å²) >= 11 is 12.1.